The van der Waals surface area contributed by atoms with Crippen molar-refractivity contribution in [3.05, 3.63) is 22.4 Å². The van der Waals surface area contributed by atoms with Crippen molar-refractivity contribution >= 4 is 17.3 Å². The predicted octanol–water partition coefficient (Wildman–Crippen LogP) is 2.14. The molecule has 1 aliphatic heterocycles. The standard InChI is InChI=1S/C15H26N4S/c1-3-19-7-4-5-13(11-19)9-17-15(16-2)18-10-14-6-8-20-12-14/h6,8,12-13H,3-5,7,9-11H2,1-2H3,(H2,16,17,18). The molecule has 0 radical (unpaired) electrons. The minimum Gasteiger partial charge on any atom is -0.356 e. The summed E-state index contributed by atoms with van der Waals surface area (Å²) in [6.45, 7) is 7.75. The minimum absolute atomic E-state index is 0.739. The third-order valence-corrected chi connectivity index (χ3v) is 4.60. The number of nitrogens with one attached hydrogen (secondary N) is 2. The molecule has 1 aromatic heterocycles. The van der Waals surface area contributed by atoms with E-state index in [-0.39, 0.29) is 0 Å². The van der Waals surface area contributed by atoms with Gasteiger partial charge in [-0.05, 0) is 54.2 Å². The van der Waals surface area contributed by atoms with Crippen LogP contribution in [0.3, 0.4) is 0 Å². The van der Waals surface area contributed by atoms with E-state index in [2.05, 4.69) is 44.3 Å². The van der Waals surface area contributed by atoms with Crippen molar-refractivity contribution in [1.29, 1.82) is 0 Å². The van der Waals surface area contributed by atoms with Crippen LogP contribution in [0.1, 0.15) is 25.3 Å². The Labute approximate surface area is 126 Å². The predicted molar refractivity (Wildman–Crippen MR) is 87.4 cm³/mol. The third kappa shape index (κ3) is 4.80. The normalized spacial score (nSPS) is 20.9. The molecule has 1 aliphatic rings. The van der Waals surface area contributed by atoms with Gasteiger partial charge in [-0.2, -0.15) is 11.3 Å². The summed E-state index contributed by atoms with van der Waals surface area (Å²) < 4.78 is 0. The van der Waals surface area contributed by atoms with Gasteiger partial charge >= 0.3 is 0 Å². The molecule has 1 saturated heterocycles. The van der Waals surface area contributed by atoms with Gasteiger partial charge in [-0.15, -0.1) is 0 Å². The molecule has 1 unspecified atom stereocenters. The Bertz CT molecular complexity index is 402. The molecular weight excluding hydrogens is 268 g/mol. The lowest BCUT2D eigenvalue weighted by molar-refractivity contribution is 0.183. The van der Waals surface area contributed by atoms with Gasteiger partial charge in [0.05, 0.1) is 0 Å². The van der Waals surface area contributed by atoms with Crippen molar-refractivity contribution in [2.24, 2.45) is 10.9 Å². The van der Waals surface area contributed by atoms with Gasteiger partial charge in [0.15, 0.2) is 5.96 Å². The average Bonchev–Trinajstić information content (AvgIpc) is 3.01. The fourth-order valence-corrected chi connectivity index (χ4v) is 3.31. The summed E-state index contributed by atoms with van der Waals surface area (Å²) in [7, 11) is 1.84. The molecule has 2 rings (SSSR count). The first-order chi connectivity index (χ1) is 9.81. The second-order valence-corrected chi connectivity index (χ2v) is 6.12. The highest BCUT2D eigenvalue weighted by molar-refractivity contribution is 7.07. The van der Waals surface area contributed by atoms with Crippen molar-refractivity contribution in [3.8, 4) is 0 Å². The van der Waals surface area contributed by atoms with Crippen LogP contribution in [0.2, 0.25) is 0 Å². The Morgan fingerprint density at radius 1 is 1.50 bits per heavy atom. The first kappa shape index (κ1) is 15.3. The summed E-state index contributed by atoms with van der Waals surface area (Å²) in [5.74, 6) is 1.65. The number of aliphatic imine (C=N–C) groups is 1. The maximum absolute atomic E-state index is 4.30. The fraction of sp³-hybridized carbons (Fsp3) is 0.667. The Hall–Kier alpha value is -1.07. The van der Waals surface area contributed by atoms with E-state index < -0.39 is 0 Å². The van der Waals surface area contributed by atoms with Gasteiger partial charge in [0.2, 0.25) is 0 Å². The number of likely N-dealkylation sites (tertiary alicyclic amines) is 1. The van der Waals surface area contributed by atoms with Crippen molar-refractivity contribution < 1.29 is 0 Å². The Kier molecular flexibility index (Phi) is 6.33. The minimum atomic E-state index is 0.739. The zero-order chi connectivity index (χ0) is 14.2. The second-order valence-electron chi connectivity index (χ2n) is 5.34. The van der Waals surface area contributed by atoms with Crippen LogP contribution in [0.25, 0.3) is 0 Å². The molecule has 0 saturated carbocycles. The van der Waals surface area contributed by atoms with E-state index in [1.807, 2.05) is 7.05 Å². The van der Waals surface area contributed by atoms with E-state index in [9.17, 15) is 0 Å². The van der Waals surface area contributed by atoms with Gasteiger partial charge in [-0.25, -0.2) is 0 Å². The number of hydrogen-bond acceptors (Lipinski definition) is 3. The molecule has 1 aromatic rings. The molecular formula is C15H26N4S. The summed E-state index contributed by atoms with van der Waals surface area (Å²) in [6, 6.07) is 2.14. The van der Waals surface area contributed by atoms with E-state index in [1.54, 1.807) is 11.3 Å². The molecule has 2 heterocycles. The molecule has 20 heavy (non-hydrogen) atoms. The molecule has 2 N–H and O–H groups in total. The number of nitrogens with zero attached hydrogens (tertiary/aromatic N) is 2. The summed E-state index contributed by atoms with van der Waals surface area (Å²) in [6.07, 6.45) is 2.64. The second kappa shape index (κ2) is 8.27. The average molecular weight is 294 g/mol. The molecule has 112 valence electrons. The molecule has 0 spiro atoms. The number of piperidine rings is 1. The van der Waals surface area contributed by atoms with Crippen LogP contribution >= 0.6 is 11.3 Å². The summed E-state index contributed by atoms with van der Waals surface area (Å²) >= 11 is 1.73. The van der Waals surface area contributed by atoms with Crippen LogP contribution < -0.4 is 10.6 Å². The van der Waals surface area contributed by atoms with Gasteiger partial charge in [0.1, 0.15) is 0 Å². The monoisotopic (exact) mass is 294 g/mol. The number of rotatable bonds is 5. The SMILES string of the molecule is CCN1CCCC(CNC(=NC)NCc2ccsc2)C1. The van der Waals surface area contributed by atoms with Crippen LogP contribution in [-0.2, 0) is 6.54 Å². The quantitative estimate of drug-likeness (QED) is 0.646. The van der Waals surface area contributed by atoms with Crippen molar-refractivity contribution in [1.82, 2.24) is 15.5 Å². The number of hydrogen-bond donors (Lipinski definition) is 2. The Balaban J connectivity index is 1.70. The van der Waals surface area contributed by atoms with E-state index in [0.29, 0.717) is 0 Å². The van der Waals surface area contributed by atoms with E-state index in [4.69, 9.17) is 0 Å². The molecule has 0 aliphatic carbocycles. The molecule has 0 aromatic carbocycles. The first-order valence-corrected chi connectivity index (χ1v) is 8.44. The van der Waals surface area contributed by atoms with Crippen molar-refractivity contribution in [2.75, 3.05) is 33.2 Å². The zero-order valence-electron chi connectivity index (χ0n) is 12.6. The maximum atomic E-state index is 4.30. The van der Waals surface area contributed by atoms with Crippen LogP contribution in [0.15, 0.2) is 21.8 Å². The highest BCUT2D eigenvalue weighted by Crippen LogP contribution is 2.15. The fourth-order valence-electron chi connectivity index (χ4n) is 2.65. The van der Waals surface area contributed by atoms with Gasteiger partial charge in [0.25, 0.3) is 0 Å². The van der Waals surface area contributed by atoms with Gasteiger partial charge in [-0.3, -0.25) is 4.99 Å². The van der Waals surface area contributed by atoms with Crippen LogP contribution in [0, 0.1) is 5.92 Å². The molecule has 0 amide bonds. The highest BCUT2D eigenvalue weighted by Gasteiger charge is 2.18. The van der Waals surface area contributed by atoms with Gasteiger partial charge in [0, 0.05) is 26.7 Å². The summed E-state index contributed by atoms with van der Waals surface area (Å²) in [5.41, 5.74) is 1.31. The van der Waals surface area contributed by atoms with Gasteiger partial charge in [-0.1, -0.05) is 6.92 Å². The molecule has 1 atom stereocenters. The topological polar surface area (TPSA) is 39.7 Å². The number of thiophene rings is 1. The zero-order valence-corrected chi connectivity index (χ0v) is 13.4. The third-order valence-electron chi connectivity index (χ3n) is 3.87. The van der Waals surface area contributed by atoms with Crippen molar-refractivity contribution in [2.45, 2.75) is 26.3 Å². The summed E-state index contributed by atoms with van der Waals surface area (Å²) in [5, 5.41) is 11.1. The highest BCUT2D eigenvalue weighted by atomic mass is 32.1. The molecule has 5 heteroatoms. The van der Waals surface area contributed by atoms with E-state index in [0.717, 1.165) is 25.0 Å². The first-order valence-electron chi connectivity index (χ1n) is 7.49. The lowest BCUT2D eigenvalue weighted by Gasteiger charge is -2.32. The van der Waals surface area contributed by atoms with E-state index in [1.165, 1.54) is 38.0 Å². The van der Waals surface area contributed by atoms with E-state index >= 15 is 0 Å². The maximum Gasteiger partial charge on any atom is 0.191 e. The van der Waals surface area contributed by atoms with Crippen LogP contribution in [0.5, 0.6) is 0 Å². The van der Waals surface area contributed by atoms with Crippen LogP contribution in [-0.4, -0.2) is 44.1 Å². The smallest absolute Gasteiger partial charge is 0.191 e. The van der Waals surface area contributed by atoms with Crippen LogP contribution in [0.4, 0.5) is 0 Å². The molecule has 0 bridgehead atoms. The largest absolute Gasteiger partial charge is 0.356 e. The molecule has 1 fully saturated rings. The summed E-state index contributed by atoms with van der Waals surface area (Å²) in [4.78, 5) is 6.83. The molecule has 4 nitrogen and oxygen atoms in total. The lowest BCUT2D eigenvalue weighted by atomic mass is 9.98. The lowest BCUT2D eigenvalue weighted by Crippen LogP contribution is -2.44. The Morgan fingerprint density at radius 2 is 2.40 bits per heavy atom. The number of guanidine groups is 1. The Morgan fingerprint density at radius 3 is 3.10 bits per heavy atom. The van der Waals surface area contributed by atoms with Gasteiger partial charge < -0.3 is 15.5 Å². The van der Waals surface area contributed by atoms with Crippen molar-refractivity contribution in [3.63, 3.8) is 0 Å².